The number of aryl methyl sites for hydroxylation is 1. The highest BCUT2D eigenvalue weighted by Crippen LogP contribution is 2.46. The molecule has 2 aromatic carbocycles. The Morgan fingerprint density at radius 3 is 2.73 bits per heavy atom. The largest absolute Gasteiger partial charge is 0.490 e. The van der Waals surface area contributed by atoms with E-state index in [9.17, 15) is 18.3 Å². The maximum absolute atomic E-state index is 13.6. The second kappa shape index (κ2) is 12.3. The number of fused-ring (bicyclic) bond motifs is 4. The van der Waals surface area contributed by atoms with Gasteiger partial charge in [0.25, 0.3) is 5.91 Å². The molecule has 1 amide bonds. The van der Waals surface area contributed by atoms with Crippen molar-refractivity contribution >= 4 is 33.2 Å². The molecule has 6 atom stereocenters. The fraction of sp³-hybridized carbons (Fsp3) is 0.571. The molecule has 7 nitrogen and oxygen atoms in total. The summed E-state index contributed by atoms with van der Waals surface area (Å²) in [7, 11) is -3.95. The minimum absolute atomic E-state index is 0.0696. The first-order valence-electron chi connectivity index (χ1n) is 16.2. The summed E-state index contributed by atoms with van der Waals surface area (Å²) in [4.78, 5) is 15.9. The highest BCUT2D eigenvalue weighted by molar-refractivity contribution is 7.90. The Kier molecular flexibility index (Phi) is 8.81. The molecule has 1 fully saturated rings. The third-order valence-electron chi connectivity index (χ3n) is 10.3. The molecule has 2 heterocycles. The van der Waals surface area contributed by atoms with Gasteiger partial charge in [0.2, 0.25) is 10.0 Å². The van der Waals surface area contributed by atoms with Crippen molar-refractivity contribution in [3.05, 3.63) is 70.3 Å². The second-order valence-corrected chi connectivity index (χ2v) is 16.5. The average Bonchev–Trinajstić information content (AvgIpc) is 3.10. The zero-order chi connectivity index (χ0) is 31.2. The third-order valence-corrected chi connectivity index (χ3v) is 12.3. The molecule has 6 rings (SSSR count). The molecule has 1 spiro atoms. The Morgan fingerprint density at radius 2 is 1.98 bits per heavy atom. The molecule has 44 heavy (non-hydrogen) atoms. The minimum Gasteiger partial charge on any atom is -0.490 e. The second-order valence-electron chi connectivity index (χ2n) is 14.1. The first-order chi connectivity index (χ1) is 20.9. The van der Waals surface area contributed by atoms with Crippen molar-refractivity contribution in [1.82, 2.24) is 4.72 Å². The molecule has 0 unspecified atom stereocenters. The Labute approximate surface area is 267 Å². The maximum Gasteiger partial charge on any atom is 0.264 e. The van der Waals surface area contributed by atoms with Gasteiger partial charge in [-0.2, -0.15) is 0 Å². The monoisotopic (exact) mass is 640 g/mol. The van der Waals surface area contributed by atoms with Gasteiger partial charge in [-0.1, -0.05) is 50.6 Å². The number of rotatable bonds is 2. The minimum atomic E-state index is -3.95. The SMILES string of the molecule is CC(C)C[C@H]1C[C@@H](C)/C=C\[C@H](O)[C@@H]2CC[C@H]2CN2C[C@@]3(CCCc4cc(Cl)ccc43)COc3ccc(cc32)C(=O)NS1(=O)=O. The molecule has 0 saturated heterocycles. The van der Waals surface area contributed by atoms with Crippen LogP contribution in [0.5, 0.6) is 5.75 Å². The molecule has 0 aromatic heterocycles. The summed E-state index contributed by atoms with van der Waals surface area (Å²) >= 11 is 6.40. The lowest BCUT2D eigenvalue weighted by Gasteiger charge is -2.45. The van der Waals surface area contributed by atoms with Crippen molar-refractivity contribution in [1.29, 1.82) is 0 Å². The van der Waals surface area contributed by atoms with Gasteiger partial charge >= 0.3 is 0 Å². The van der Waals surface area contributed by atoms with Crippen LogP contribution in [-0.2, 0) is 21.9 Å². The number of carbonyl (C=O) groups excluding carboxylic acids is 1. The number of aliphatic hydroxyl groups is 1. The van der Waals surface area contributed by atoms with Crippen LogP contribution < -0.4 is 14.4 Å². The van der Waals surface area contributed by atoms with Gasteiger partial charge in [-0.3, -0.25) is 4.79 Å². The Balaban J connectivity index is 1.42. The number of ether oxygens (including phenoxy) is 1. The quantitative estimate of drug-likeness (QED) is 0.376. The van der Waals surface area contributed by atoms with E-state index >= 15 is 0 Å². The Hall–Kier alpha value is -2.55. The zero-order valence-electron chi connectivity index (χ0n) is 26.0. The van der Waals surface area contributed by atoms with E-state index < -0.39 is 27.3 Å². The van der Waals surface area contributed by atoms with Crippen LogP contribution in [0.2, 0.25) is 5.02 Å². The summed E-state index contributed by atoms with van der Waals surface area (Å²) in [6.45, 7) is 7.87. The number of nitrogens with zero attached hydrogens (tertiary/aromatic N) is 1. The van der Waals surface area contributed by atoms with Crippen LogP contribution in [0.1, 0.15) is 80.8 Å². The third kappa shape index (κ3) is 6.27. The normalized spacial score (nSPS) is 32.5. The number of nitrogens with one attached hydrogen (secondary N) is 1. The predicted molar refractivity (Wildman–Crippen MR) is 175 cm³/mol. The zero-order valence-corrected chi connectivity index (χ0v) is 27.5. The highest BCUT2D eigenvalue weighted by Gasteiger charge is 2.44. The number of halogens is 1. The predicted octanol–water partition coefficient (Wildman–Crippen LogP) is 6.27. The number of hydrogen-bond donors (Lipinski definition) is 2. The molecule has 4 aliphatic rings. The van der Waals surface area contributed by atoms with E-state index in [2.05, 4.69) is 21.8 Å². The van der Waals surface area contributed by atoms with Crippen molar-refractivity contribution in [3.63, 3.8) is 0 Å². The fourth-order valence-corrected chi connectivity index (χ4v) is 9.83. The van der Waals surface area contributed by atoms with Gasteiger partial charge in [-0.15, -0.1) is 0 Å². The number of aliphatic hydroxyl groups excluding tert-OH is 1. The van der Waals surface area contributed by atoms with Gasteiger partial charge in [0.1, 0.15) is 5.75 Å². The van der Waals surface area contributed by atoms with E-state index in [1.54, 1.807) is 18.2 Å². The van der Waals surface area contributed by atoms with Crippen LogP contribution in [0.3, 0.4) is 0 Å². The molecule has 0 radical (unpaired) electrons. The van der Waals surface area contributed by atoms with E-state index in [0.717, 1.165) is 42.8 Å². The van der Waals surface area contributed by atoms with E-state index in [-0.39, 0.29) is 29.1 Å². The fourth-order valence-electron chi connectivity index (χ4n) is 7.90. The van der Waals surface area contributed by atoms with Gasteiger partial charge in [-0.25, -0.2) is 13.1 Å². The summed E-state index contributed by atoms with van der Waals surface area (Å²) in [6, 6.07) is 11.4. The number of amides is 1. The van der Waals surface area contributed by atoms with Crippen LogP contribution in [0.15, 0.2) is 48.6 Å². The van der Waals surface area contributed by atoms with E-state index in [4.69, 9.17) is 16.3 Å². The number of anilines is 1. The van der Waals surface area contributed by atoms with Crippen molar-refractivity contribution in [2.24, 2.45) is 23.7 Å². The molecule has 2 bridgehead atoms. The van der Waals surface area contributed by atoms with Crippen LogP contribution in [0.25, 0.3) is 0 Å². The maximum atomic E-state index is 13.6. The molecule has 238 valence electrons. The molecule has 2 N–H and O–H groups in total. The molecule has 2 aliphatic carbocycles. The average molecular weight is 641 g/mol. The molecule has 9 heteroatoms. The standard InChI is InChI=1S/C35H45ClN2O5S/c1-22(2)15-28-16-23(3)6-12-32(39)29-10-7-26(29)19-38-20-35(14-4-5-24-17-27(36)9-11-30(24)35)21-43-33-13-8-25(18-31(33)38)34(40)37-44(28,41)42/h6,8-9,11-13,17-18,22-23,26,28-29,32,39H,4-5,7,10,14-16,19-21H2,1-3H3,(H,37,40)/b12-6-/t23-,26-,28-,29+,32-,35-/m0/s1. The first-order valence-corrected chi connectivity index (χ1v) is 18.1. The van der Waals surface area contributed by atoms with Gasteiger partial charge < -0.3 is 14.7 Å². The van der Waals surface area contributed by atoms with E-state index in [1.165, 1.54) is 11.1 Å². The molecular weight excluding hydrogens is 596 g/mol. The lowest BCUT2D eigenvalue weighted by Crippen LogP contribution is -2.49. The van der Waals surface area contributed by atoms with Crippen LogP contribution >= 0.6 is 11.6 Å². The van der Waals surface area contributed by atoms with Gasteiger partial charge in [0.15, 0.2) is 0 Å². The number of sulfonamides is 1. The summed E-state index contributed by atoms with van der Waals surface area (Å²) in [5.41, 5.74) is 3.34. The number of allylic oxidation sites excluding steroid dienone is 1. The van der Waals surface area contributed by atoms with Crippen molar-refractivity contribution in [3.8, 4) is 5.75 Å². The highest BCUT2D eigenvalue weighted by atomic mass is 35.5. The van der Waals surface area contributed by atoms with Gasteiger partial charge in [-0.05, 0) is 110 Å². The van der Waals surface area contributed by atoms with Crippen LogP contribution in [0, 0.1) is 23.7 Å². The summed E-state index contributed by atoms with van der Waals surface area (Å²) in [5, 5.41) is 11.3. The first kappa shape index (κ1) is 31.4. The van der Waals surface area contributed by atoms with Crippen LogP contribution in [-0.4, -0.2) is 50.5 Å². The van der Waals surface area contributed by atoms with Crippen molar-refractivity contribution < 1.29 is 23.1 Å². The van der Waals surface area contributed by atoms with E-state index in [0.29, 0.717) is 43.9 Å². The topological polar surface area (TPSA) is 95.9 Å². The van der Waals surface area contributed by atoms with Gasteiger partial charge in [0.05, 0.1) is 23.6 Å². The number of carbonyl (C=O) groups is 1. The molecule has 2 aromatic rings. The Bertz CT molecular complexity index is 1540. The smallest absolute Gasteiger partial charge is 0.264 e. The lowest BCUT2D eigenvalue weighted by molar-refractivity contribution is 0.0454. The number of benzene rings is 2. The number of hydrogen-bond acceptors (Lipinski definition) is 6. The van der Waals surface area contributed by atoms with Crippen LogP contribution in [0.4, 0.5) is 5.69 Å². The molecular formula is C35H45ClN2O5S. The molecule has 1 saturated carbocycles. The summed E-state index contributed by atoms with van der Waals surface area (Å²) in [5.74, 6) is 0.535. The van der Waals surface area contributed by atoms with E-state index in [1.807, 2.05) is 39.0 Å². The van der Waals surface area contributed by atoms with Crippen molar-refractivity contribution in [2.75, 3.05) is 24.6 Å². The Morgan fingerprint density at radius 1 is 1.16 bits per heavy atom. The summed E-state index contributed by atoms with van der Waals surface area (Å²) < 4.78 is 36.2. The van der Waals surface area contributed by atoms with Crippen molar-refractivity contribution in [2.45, 2.75) is 82.5 Å². The lowest BCUT2D eigenvalue weighted by atomic mass is 9.68. The molecule has 2 aliphatic heterocycles. The van der Waals surface area contributed by atoms with Gasteiger partial charge in [0, 0.05) is 29.1 Å². The summed E-state index contributed by atoms with van der Waals surface area (Å²) in [6.07, 6.45) is 8.97.